The SMILES string of the molecule is C#CCCN1CCN(C(=O)c2cc(Br)ccc2I)CC1. The third kappa shape index (κ3) is 3.96. The highest BCUT2D eigenvalue weighted by atomic mass is 127. The minimum atomic E-state index is 0.118. The van der Waals surface area contributed by atoms with E-state index in [2.05, 4.69) is 49.3 Å². The number of hydrogen-bond donors (Lipinski definition) is 0. The molecule has 1 aromatic rings. The Morgan fingerprint density at radius 3 is 2.70 bits per heavy atom. The summed E-state index contributed by atoms with van der Waals surface area (Å²) >= 11 is 5.64. The van der Waals surface area contributed by atoms with Gasteiger partial charge in [-0.25, -0.2) is 0 Å². The molecule has 20 heavy (non-hydrogen) atoms. The summed E-state index contributed by atoms with van der Waals surface area (Å²) in [5, 5.41) is 0. The molecular formula is C15H16BrIN2O. The van der Waals surface area contributed by atoms with Crippen LogP contribution in [0, 0.1) is 15.9 Å². The molecule has 0 unspecified atom stereocenters. The van der Waals surface area contributed by atoms with Crippen LogP contribution in [0.1, 0.15) is 16.8 Å². The largest absolute Gasteiger partial charge is 0.336 e. The Balaban J connectivity index is 1.98. The number of piperazine rings is 1. The number of benzene rings is 1. The minimum Gasteiger partial charge on any atom is -0.336 e. The molecule has 2 rings (SSSR count). The molecule has 0 N–H and O–H groups in total. The molecule has 0 aliphatic carbocycles. The Bertz CT molecular complexity index is 533. The zero-order valence-corrected chi connectivity index (χ0v) is 14.9. The Kier molecular flexibility index (Phi) is 5.87. The molecule has 0 bridgehead atoms. The summed E-state index contributed by atoms with van der Waals surface area (Å²) < 4.78 is 1.93. The molecular weight excluding hydrogens is 431 g/mol. The lowest BCUT2D eigenvalue weighted by molar-refractivity contribution is 0.0639. The van der Waals surface area contributed by atoms with Crippen LogP contribution in [0.15, 0.2) is 22.7 Å². The van der Waals surface area contributed by atoms with E-state index in [4.69, 9.17) is 6.42 Å². The van der Waals surface area contributed by atoms with Crippen molar-refractivity contribution >= 4 is 44.4 Å². The number of halogens is 2. The van der Waals surface area contributed by atoms with Crippen LogP contribution >= 0.6 is 38.5 Å². The van der Waals surface area contributed by atoms with Crippen molar-refractivity contribution in [3.63, 3.8) is 0 Å². The van der Waals surface area contributed by atoms with Crippen LogP contribution in [-0.2, 0) is 0 Å². The van der Waals surface area contributed by atoms with Gasteiger partial charge in [0.25, 0.3) is 5.91 Å². The number of terminal acetylenes is 1. The first-order chi connectivity index (χ1) is 9.61. The number of nitrogens with zero attached hydrogens (tertiary/aromatic N) is 2. The summed E-state index contributed by atoms with van der Waals surface area (Å²) in [7, 11) is 0. The number of carbonyl (C=O) groups is 1. The zero-order valence-electron chi connectivity index (χ0n) is 11.1. The smallest absolute Gasteiger partial charge is 0.255 e. The van der Waals surface area contributed by atoms with E-state index in [0.717, 1.165) is 52.8 Å². The summed E-state index contributed by atoms with van der Waals surface area (Å²) in [6, 6.07) is 5.81. The van der Waals surface area contributed by atoms with Gasteiger partial charge in [0, 0.05) is 47.2 Å². The highest BCUT2D eigenvalue weighted by Gasteiger charge is 2.23. The number of carbonyl (C=O) groups excluding carboxylic acids is 1. The van der Waals surface area contributed by atoms with E-state index in [0.29, 0.717) is 0 Å². The van der Waals surface area contributed by atoms with Crippen molar-refractivity contribution in [3.05, 3.63) is 31.8 Å². The van der Waals surface area contributed by atoms with E-state index < -0.39 is 0 Å². The highest BCUT2D eigenvalue weighted by Crippen LogP contribution is 2.20. The van der Waals surface area contributed by atoms with Crippen LogP contribution in [0.2, 0.25) is 0 Å². The lowest BCUT2D eigenvalue weighted by atomic mass is 10.2. The summed E-state index contributed by atoms with van der Waals surface area (Å²) in [5.41, 5.74) is 0.775. The molecule has 0 aromatic heterocycles. The molecule has 0 saturated carbocycles. The topological polar surface area (TPSA) is 23.6 Å². The van der Waals surface area contributed by atoms with E-state index in [-0.39, 0.29) is 5.91 Å². The first-order valence-corrected chi connectivity index (χ1v) is 8.39. The van der Waals surface area contributed by atoms with Crippen molar-refractivity contribution in [2.75, 3.05) is 32.7 Å². The maximum atomic E-state index is 12.5. The second-order valence-electron chi connectivity index (χ2n) is 4.71. The summed E-state index contributed by atoms with van der Waals surface area (Å²) in [6.45, 7) is 4.26. The minimum absolute atomic E-state index is 0.118. The predicted molar refractivity (Wildman–Crippen MR) is 92.7 cm³/mol. The Morgan fingerprint density at radius 1 is 1.35 bits per heavy atom. The molecule has 0 spiro atoms. The molecule has 3 nitrogen and oxygen atoms in total. The number of rotatable bonds is 3. The van der Waals surface area contributed by atoms with Crippen LogP contribution in [0.25, 0.3) is 0 Å². The molecule has 5 heteroatoms. The van der Waals surface area contributed by atoms with Crippen molar-refractivity contribution in [3.8, 4) is 12.3 Å². The van der Waals surface area contributed by atoms with Crippen molar-refractivity contribution in [1.82, 2.24) is 9.80 Å². The molecule has 1 aliphatic rings. The van der Waals surface area contributed by atoms with E-state index in [1.807, 2.05) is 23.1 Å². The summed E-state index contributed by atoms with van der Waals surface area (Å²) in [4.78, 5) is 16.8. The first-order valence-electron chi connectivity index (χ1n) is 6.52. The zero-order chi connectivity index (χ0) is 14.5. The van der Waals surface area contributed by atoms with Gasteiger partial charge in [0.2, 0.25) is 0 Å². The van der Waals surface area contributed by atoms with Crippen LogP contribution < -0.4 is 0 Å². The molecule has 0 atom stereocenters. The Morgan fingerprint density at radius 2 is 2.05 bits per heavy atom. The average molecular weight is 447 g/mol. The van der Waals surface area contributed by atoms with E-state index in [1.165, 1.54) is 0 Å². The normalized spacial score (nSPS) is 15.9. The van der Waals surface area contributed by atoms with Gasteiger partial charge >= 0.3 is 0 Å². The fraction of sp³-hybridized carbons (Fsp3) is 0.400. The standard InChI is InChI=1S/C15H16BrIN2O/c1-2-3-6-18-7-9-19(10-8-18)15(20)13-11-12(16)4-5-14(13)17/h1,4-5,11H,3,6-10H2. The summed E-state index contributed by atoms with van der Waals surface area (Å²) in [6.07, 6.45) is 6.06. The van der Waals surface area contributed by atoms with Gasteiger partial charge in [-0.05, 0) is 40.8 Å². The molecule has 1 heterocycles. The molecule has 1 saturated heterocycles. The van der Waals surface area contributed by atoms with Crippen molar-refractivity contribution in [2.24, 2.45) is 0 Å². The maximum absolute atomic E-state index is 12.5. The average Bonchev–Trinajstić information content (AvgIpc) is 2.47. The predicted octanol–water partition coefficient (Wildman–Crippen LogP) is 2.83. The van der Waals surface area contributed by atoms with E-state index in [9.17, 15) is 4.79 Å². The van der Waals surface area contributed by atoms with Gasteiger partial charge in [-0.15, -0.1) is 12.3 Å². The van der Waals surface area contributed by atoms with Crippen LogP contribution in [0.5, 0.6) is 0 Å². The van der Waals surface area contributed by atoms with E-state index in [1.54, 1.807) is 0 Å². The number of hydrogen-bond acceptors (Lipinski definition) is 2. The molecule has 1 amide bonds. The molecule has 1 aliphatic heterocycles. The molecule has 0 radical (unpaired) electrons. The second kappa shape index (κ2) is 7.43. The van der Waals surface area contributed by atoms with Gasteiger partial charge in [0.1, 0.15) is 0 Å². The van der Waals surface area contributed by atoms with Gasteiger partial charge in [0.05, 0.1) is 5.56 Å². The van der Waals surface area contributed by atoms with Gasteiger partial charge in [-0.2, -0.15) is 0 Å². The lowest BCUT2D eigenvalue weighted by Gasteiger charge is -2.34. The van der Waals surface area contributed by atoms with Gasteiger partial charge < -0.3 is 4.90 Å². The van der Waals surface area contributed by atoms with Crippen LogP contribution in [-0.4, -0.2) is 48.4 Å². The first kappa shape index (κ1) is 15.8. The molecule has 1 fully saturated rings. The Hall–Kier alpha value is -0.580. The monoisotopic (exact) mass is 446 g/mol. The summed E-state index contributed by atoms with van der Waals surface area (Å²) in [5.74, 6) is 2.78. The second-order valence-corrected chi connectivity index (χ2v) is 6.79. The fourth-order valence-corrected chi connectivity index (χ4v) is 3.16. The van der Waals surface area contributed by atoms with Gasteiger partial charge in [-0.3, -0.25) is 9.69 Å². The third-order valence-corrected chi connectivity index (χ3v) is 4.82. The Labute approximate surface area is 142 Å². The van der Waals surface area contributed by atoms with Crippen molar-refractivity contribution in [2.45, 2.75) is 6.42 Å². The van der Waals surface area contributed by atoms with Gasteiger partial charge in [0.15, 0.2) is 0 Å². The van der Waals surface area contributed by atoms with Crippen molar-refractivity contribution < 1.29 is 4.79 Å². The van der Waals surface area contributed by atoms with E-state index >= 15 is 0 Å². The lowest BCUT2D eigenvalue weighted by Crippen LogP contribution is -2.48. The molecule has 1 aromatic carbocycles. The third-order valence-electron chi connectivity index (χ3n) is 3.39. The molecule has 106 valence electrons. The quantitative estimate of drug-likeness (QED) is 0.526. The highest BCUT2D eigenvalue weighted by molar-refractivity contribution is 14.1. The van der Waals surface area contributed by atoms with Crippen LogP contribution in [0.3, 0.4) is 0 Å². The van der Waals surface area contributed by atoms with Crippen LogP contribution in [0.4, 0.5) is 0 Å². The fourth-order valence-electron chi connectivity index (χ4n) is 2.23. The van der Waals surface area contributed by atoms with Crippen molar-refractivity contribution in [1.29, 1.82) is 0 Å². The maximum Gasteiger partial charge on any atom is 0.255 e. The van der Waals surface area contributed by atoms with Gasteiger partial charge in [-0.1, -0.05) is 15.9 Å². The number of amides is 1.